The Morgan fingerprint density at radius 3 is 2.81 bits per heavy atom. The van der Waals surface area contributed by atoms with Crippen molar-refractivity contribution in [1.82, 2.24) is 19.6 Å². The smallest absolute Gasteiger partial charge is 0.224 e. The number of aliphatic hydroxyl groups is 1. The third-order valence-electron chi connectivity index (χ3n) is 7.32. The van der Waals surface area contributed by atoms with Crippen LogP contribution in [-0.4, -0.2) is 68.9 Å². The summed E-state index contributed by atoms with van der Waals surface area (Å²) in [6, 6.07) is 2.64. The molecule has 1 N–H and O–H groups in total. The first-order valence-corrected chi connectivity index (χ1v) is 10.3. The van der Waals surface area contributed by atoms with Crippen molar-refractivity contribution in [2.24, 2.45) is 5.41 Å². The molecule has 1 amide bonds. The first-order chi connectivity index (χ1) is 12.6. The number of carbonyl (C=O) groups is 1. The average Bonchev–Trinajstić information content (AvgIpc) is 3.09. The molecule has 4 atom stereocenters. The molecule has 6 heteroatoms. The Hall–Kier alpha value is -1.40. The predicted molar refractivity (Wildman–Crippen MR) is 106 cm³/mol. The van der Waals surface area contributed by atoms with Crippen molar-refractivity contribution in [2.45, 2.75) is 83.5 Å². The summed E-state index contributed by atoms with van der Waals surface area (Å²) < 4.78 is 1.83. The Balaban J connectivity index is 1.60. The molecule has 1 aliphatic carbocycles. The van der Waals surface area contributed by atoms with Gasteiger partial charge in [-0.15, -0.1) is 0 Å². The molecule has 1 saturated heterocycles. The Morgan fingerprint density at radius 1 is 1.41 bits per heavy atom. The van der Waals surface area contributed by atoms with Crippen LogP contribution in [0.2, 0.25) is 0 Å². The summed E-state index contributed by atoms with van der Waals surface area (Å²) in [7, 11) is 4.08. The van der Waals surface area contributed by atoms with E-state index in [1.165, 1.54) is 6.42 Å². The fraction of sp³-hybridized carbons (Fsp3) is 0.810. The molecule has 2 aliphatic rings. The second-order valence-electron chi connectivity index (χ2n) is 9.22. The molecule has 0 unspecified atom stereocenters. The standard InChI is InChI=1S/C21H36N4O2/c1-16-9-12-25(22-16)13-10-19(26)23(4)15-17-14-20(2)18(24(17)5)8-6-7-11-21(20,3)27/h9,12,17-18,27H,6-8,10-11,13-15H2,1-5H3/t17-,18-,20-,21+/m1/s1. The molecule has 2 heterocycles. The van der Waals surface area contributed by atoms with Gasteiger partial charge < -0.3 is 10.0 Å². The molecule has 27 heavy (non-hydrogen) atoms. The highest BCUT2D eigenvalue weighted by atomic mass is 16.3. The SMILES string of the molecule is Cc1ccn(CCC(=O)N(C)C[C@H]2C[C@]3(C)[C@@H](CCCC[C@]3(C)O)N2C)n1. The summed E-state index contributed by atoms with van der Waals surface area (Å²) >= 11 is 0. The van der Waals surface area contributed by atoms with E-state index < -0.39 is 5.60 Å². The zero-order valence-corrected chi connectivity index (χ0v) is 17.6. The van der Waals surface area contributed by atoms with Crippen LogP contribution < -0.4 is 0 Å². The minimum Gasteiger partial charge on any atom is -0.390 e. The fourth-order valence-corrected chi connectivity index (χ4v) is 5.27. The third kappa shape index (κ3) is 3.92. The molecule has 1 saturated carbocycles. The van der Waals surface area contributed by atoms with E-state index in [4.69, 9.17) is 0 Å². The highest BCUT2D eigenvalue weighted by Gasteiger charge is 2.57. The van der Waals surface area contributed by atoms with Gasteiger partial charge in [0.1, 0.15) is 0 Å². The summed E-state index contributed by atoms with van der Waals surface area (Å²) in [5.74, 6) is 0.153. The summed E-state index contributed by atoms with van der Waals surface area (Å²) in [4.78, 5) is 16.9. The van der Waals surface area contributed by atoms with E-state index >= 15 is 0 Å². The van der Waals surface area contributed by atoms with Gasteiger partial charge in [0.15, 0.2) is 0 Å². The van der Waals surface area contributed by atoms with E-state index in [1.807, 2.05) is 42.7 Å². The molecule has 0 spiro atoms. The number of likely N-dealkylation sites (tertiary alicyclic amines) is 1. The third-order valence-corrected chi connectivity index (χ3v) is 7.32. The quantitative estimate of drug-likeness (QED) is 0.857. The maximum absolute atomic E-state index is 12.6. The first kappa shape index (κ1) is 20.3. The largest absolute Gasteiger partial charge is 0.390 e. The van der Waals surface area contributed by atoms with Crippen LogP contribution >= 0.6 is 0 Å². The van der Waals surface area contributed by atoms with Crippen molar-refractivity contribution >= 4 is 5.91 Å². The molecule has 3 rings (SSSR count). The Bertz CT molecular complexity index is 671. The summed E-state index contributed by atoms with van der Waals surface area (Å²) in [5, 5.41) is 15.5. The number of carbonyl (C=O) groups excluding carboxylic acids is 1. The number of nitrogens with zero attached hydrogens (tertiary/aromatic N) is 4. The predicted octanol–water partition coefficient (Wildman–Crippen LogP) is 2.44. The van der Waals surface area contributed by atoms with Crippen molar-refractivity contribution in [2.75, 3.05) is 20.6 Å². The number of aromatic nitrogens is 2. The van der Waals surface area contributed by atoms with Gasteiger partial charge in [-0.1, -0.05) is 19.8 Å². The zero-order valence-electron chi connectivity index (χ0n) is 17.6. The monoisotopic (exact) mass is 376 g/mol. The van der Waals surface area contributed by atoms with Crippen LogP contribution in [0.1, 0.15) is 58.1 Å². The van der Waals surface area contributed by atoms with Gasteiger partial charge in [-0.05, 0) is 46.2 Å². The van der Waals surface area contributed by atoms with Crippen molar-refractivity contribution in [3.63, 3.8) is 0 Å². The fourth-order valence-electron chi connectivity index (χ4n) is 5.27. The Kier molecular flexibility index (Phi) is 5.69. The van der Waals surface area contributed by atoms with Crippen LogP contribution in [0.4, 0.5) is 0 Å². The molecular formula is C21H36N4O2. The molecule has 0 radical (unpaired) electrons. The van der Waals surface area contributed by atoms with Crippen LogP contribution in [-0.2, 0) is 11.3 Å². The van der Waals surface area contributed by atoms with Gasteiger partial charge in [-0.2, -0.15) is 5.10 Å². The van der Waals surface area contributed by atoms with E-state index in [2.05, 4.69) is 24.0 Å². The average molecular weight is 377 g/mol. The van der Waals surface area contributed by atoms with Crippen molar-refractivity contribution < 1.29 is 9.90 Å². The topological polar surface area (TPSA) is 61.6 Å². The van der Waals surface area contributed by atoms with Gasteiger partial charge in [0.25, 0.3) is 0 Å². The summed E-state index contributed by atoms with van der Waals surface area (Å²) in [5.41, 5.74) is 0.221. The summed E-state index contributed by atoms with van der Waals surface area (Å²) in [6.45, 7) is 7.56. The molecule has 0 bridgehead atoms. The number of fused-ring (bicyclic) bond motifs is 1. The number of aryl methyl sites for hydroxylation is 2. The number of rotatable bonds is 5. The lowest BCUT2D eigenvalue weighted by Gasteiger charge is -2.43. The lowest BCUT2D eigenvalue weighted by Crippen LogP contribution is -2.50. The van der Waals surface area contributed by atoms with E-state index in [-0.39, 0.29) is 11.3 Å². The number of hydrogen-bond donors (Lipinski definition) is 1. The van der Waals surface area contributed by atoms with Crippen LogP contribution in [0, 0.1) is 12.3 Å². The highest BCUT2D eigenvalue weighted by Crippen LogP contribution is 2.52. The van der Waals surface area contributed by atoms with Crippen molar-refractivity contribution in [1.29, 1.82) is 0 Å². The second-order valence-corrected chi connectivity index (χ2v) is 9.22. The number of amides is 1. The normalized spacial score (nSPS) is 34.3. The Morgan fingerprint density at radius 2 is 2.15 bits per heavy atom. The van der Waals surface area contributed by atoms with Gasteiger partial charge >= 0.3 is 0 Å². The van der Waals surface area contributed by atoms with Crippen LogP contribution in [0.25, 0.3) is 0 Å². The molecule has 152 valence electrons. The Labute approximate surface area is 163 Å². The van der Waals surface area contributed by atoms with Gasteiger partial charge in [0.05, 0.1) is 11.3 Å². The van der Waals surface area contributed by atoms with Gasteiger partial charge in [0, 0.05) is 50.3 Å². The van der Waals surface area contributed by atoms with Crippen LogP contribution in [0.5, 0.6) is 0 Å². The number of likely N-dealkylation sites (N-methyl/N-ethyl adjacent to an activating group) is 2. The molecular weight excluding hydrogens is 340 g/mol. The van der Waals surface area contributed by atoms with Crippen LogP contribution in [0.3, 0.4) is 0 Å². The first-order valence-electron chi connectivity index (χ1n) is 10.3. The van der Waals surface area contributed by atoms with E-state index in [0.29, 0.717) is 25.0 Å². The lowest BCUT2D eigenvalue weighted by molar-refractivity contribution is -0.130. The lowest BCUT2D eigenvalue weighted by atomic mass is 9.67. The van der Waals surface area contributed by atoms with Crippen molar-refractivity contribution in [3.8, 4) is 0 Å². The van der Waals surface area contributed by atoms with Crippen LogP contribution in [0.15, 0.2) is 12.3 Å². The molecule has 6 nitrogen and oxygen atoms in total. The van der Waals surface area contributed by atoms with E-state index in [1.54, 1.807) is 0 Å². The van der Waals surface area contributed by atoms with E-state index in [9.17, 15) is 9.90 Å². The van der Waals surface area contributed by atoms with Gasteiger partial charge in [-0.3, -0.25) is 14.4 Å². The number of hydrogen-bond acceptors (Lipinski definition) is 4. The maximum Gasteiger partial charge on any atom is 0.224 e. The molecule has 0 aromatic carbocycles. The van der Waals surface area contributed by atoms with Gasteiger partial charge in [0.2, 0.25) is 5.91 Å². The minimum atomic E-state index is -0.641. The highest BCUT2D eigenvalue weighted by molar-refractivity contribution is 5.75. The zero-order chi connectivity index (χ0) is 19.8. The molecule has 1 aromatic rings. The van der Waals surface area contributed by atoms with E-state index in [0.717, 1.165) is 37.9 Å². The second kappa shape index (κ2) is 7.55. The molecule has 1 aliphatic heterocycles. The summed E-state index contributed by atoms with van der Waals surface area (Å²) in [6.07, 6.45) is 7.61. The van der Waals surface area contributed by atoms with Gasteiger partial charge in [-0.25, -0.2) is 0 Å². The van der Waals surface area contributed by atoms with Crippen molar-refractivity contribution in [3.05, 3.63) is 18.0 Å². The maximum atomic E-state index is 12.6. The minimum absolute atomic E-state index is 0.112. The molecule has 2 fully saturated rings. The molecule has 1 aromatic heterocycles.